The molecule has 1 heterocycles. The molecule has 1 atom stereocenters. The standard InChI is InChI=1S/C12H21N3O2/c1-4-17-9-5-7-13-12(16)11(3)15-10(2)6-8-14-15/h6,8,11H,4-5,7,9H2,1-3H3,(H,13,16). The molecule has 1 aromatic heterocycles. The third kappa shape index (κ3) is 4.19. The van der Waals surface area contributed by atoms with E-state index in [1.54, 1.807) is 10.9 Å². The van der Waals surface area contributed by atoms with Gasteiger partial charge in [-0.3, -0.25) is 9.48 Å². The average Bonchev–Trinajstić information content (AvgIpc) is 2.74. The molecule has 0 fully saturated rings. The van der Waals surface area contributed by atoms with Crippen LogP contribution in [0.1, 0.15) is 32.0 Å². The van der Waals surface area contributed by atoms with Crippen molar-refractivity contribution < 1.29 is 9.53 Å². The van der Waals surface area contributed by atoms with E-state index >= 15 is 0 Å². The summed E-state index contributed by atoms with van der Waals surface area (Å²) < 4.78 is 6.92. The maximum Gasteiger partial charge on any atom is 0.244 e. The van der Waals surface area contributed by atoms with Crippen molar-refractivity contribution in [2.45, 2.75) is 33.2 Å². The number of rotatable bonds is 7. The zero-order valence-corrected chi connectivity index (χ0v) is 10.8. The molecule has 1 N–H and O–H groups in total. The van der Waals surface area contributed by atoms with E-state index in [1.165, 1.54) is 0 Å². The fourth-order valence-electron chi connectivity index (χ4n) is 1.57. The predicted octanol–water partition coefficient (Wildman–Crippen LogP) is 1.30. The van der Waals surface area contributed by atoms with E-state index in [0.29, 0.717) is 13.2 Å². The van der Waals surface area contributed by atoms with Crippen LogP contribution in [0.5, 0.6) is 0 Å². The van der Waals surface area contributed by atoms with Crippen molar-refractivity contribution in [1.82, 2.24) is 15.1 Å². The van der Waals surface area contributed by atoms with E-state index in [9.17, 15) is 4.79 Å². The van der Waals surface area contributed by atoms with Gasteiger partial charge in [-0.2, -0.15) is 5.10 Å². The van der Waals surface area contributed by atoms with Crippen LogP contribution in [0.15, 0.2) is 12.3 Å². The van der Waals surface area contributed by atoms with Gasteiger partial charge in [-0.05, 0) is 33.3 Å². The highest BCUT2D eigenvalue weighted by atomic mass is 16.5. The largest absolute Gasteiger partial charge is 0.382 e. The molecule has 0 saturated heterocycles. The van der Waals surface area contributed by atoms with Gasteiger partial charge in [-0.25, -0.2) is 0 Å². The summed E-state index contributed by atoms with van der Waals surface area (Å²) >= 11 is 0. The first kappa shape index (κ1) is 13.7. The number of nitrogens with zero attached hydrogens (tertiary/aromatic N) is 2. The van der Waals surface area contributed by atoms with Gasteiger partial charge < -0.3 is 10.1 Å². The van der Waals surface area contributed by atoms with Crippen molar-refractivity contribution in [3.63, 3.8) is 0 Å². The Morgan fingerprint density at radius 3 is 3.00 bits per heavy atom. The molecule has 96 valence electrons. The van der Waals surface area contributed by atoms with Gasteiger partial charge in [0.05, 0.1) is 0 Å². The molecule has 0 aliphatic carbocycles. The lowest BCUT2D eigenvalue weighted by molar-refractivity contribution is -0.124. The average molecular weight is 239 g/mol. The molecule has 0 bridgehead atoms. The lowest BCUT2D eigenvalue weighted by Gasteiger charge is -2.14. The van der Waals surface area contributed by atoms with Crippen LogP contribution < -0.4 is 5.32 Å². The van der Waals surface area contributed by atoms with Crippen molar-refractivity contribution in [3.05, 3.63) is 18.0 Å². The number of aromatic nitrogens is 2. The second kappa shape index (κ2) is 7.06. The van der Waals surface area contributed by atoms with Crippen LogP contribution in [-0.2, 0) is 9.53 Å². The second-order valence-electron chi connectivity index (χ2n) is 3.93. The van der Waals surface area contributed by atoms with E-state index in [2.05, 4.69) is 10.4 Å². The number of hydrogen-bond acceptors (Lipinski definition) is 3. The Labute approximate surface area is 102 Å². The molecule has 0 spiro atoms. The van der Waals surface area contributed by atoms with Gasteiger partial charge in [-0.15, -0.1) is 0 Å². The predicted molar refractivity (Wildman–Crippen MR) is 65.8 cm³/mol. The Balaban J connectivity index is 2.30. The molecule has 0 saturated carbocycles. The summed E-state index contributed by atoms with van der Waals surface area (Å²) in [7, 11) is 0. The fraction of sp³-hybridized carbons (Fsp3) is 0.667. The Morgan fingerprint density at radius 2 is 2.41 bits per heavy atom. The molecule has 1 amide bonds. The minimum absolute atomic E-state index is 0.00621. The zero-order chi connectivity index (χ0) is 12.7. The summed E-state index contributed by atoms with van der Waals surface area (Å²) in [5, 5.41) is 7.00. The highest BCUT2D eigenvalue weighted by Gasteiger charge is 2.15. The number of amides is 1. The quantitative estimate of drug-likeness (QED) is 0.730. The third-order valence-electron chi connectivity index (χ3n) is 2.58. The van der Waals surface area contributed by atoms with Crippen LogP contribution in [0.2, 0.25) is 0 Å². The number of carbonyl (C=O) groups is 1. The van der Waals surface area contributed by atoms with Gasteiger partial charge in [-0.1, -0.05) is 0 Å². The lowest BCUT2D eigenvalue weighted by Crippen LogP contribution is -2.33. The van der Waals surface area contributed by atoms with E-state index in [4.69, 9.17) is 4.74 Å². The van der Waals surface area contributed by atoms with Crippen LogP contribution in [0.25, 0.3) is 0 Å². The number of aryl methyl sites for hydroxylation is 1. The number of nitrogens with one attached hydrogen (secondary N) is 1. The maximum absolute atomic E-state index is 11.8. The van der Waals surface area contributed by atoms with Crippen molar-refractivity contribution in [3.8, 4) is 0 Å². The molecule has 5 nitrogen and oxygen atoms in total. The normalized spacial score (nSPS) is 12.4. The molecule has 0 aliphatic heterocycles. The van der Waals surface area contributed by atoms with Crippen LogP contribution in [-0.4, -0.2) is 35.4 Å². The summed E-state index contributed by atoms with van der Waals surface area (Å²) in [5.74, 6) is -0.00621. The second-order valence-corrected chi connectivity index (χ2v) is 3.93. The highest BCUT2D eigenvalue weighted by molar-refractivity contribution is 5.79. The molecular formula is C12H21N3O2. The molecule has 1 aromatic rings. The Morgan fingerprint density at radius 1 is 1.65 bits per heavy atom. The van der Waals surface area contributed by atoms with Crippen molar-refractivity contribution in [1.29, 1.82) is 0 Å². The summed E-state index contributed by atoms with van der Waals surface area (Å²) in [5.41, 5.74) is 0.988. The van der Waals surface area contributed by atoms with Crippen molar-refractivity contribution in [2.24, 2.45) is 0 Å². The molecule has 1 rings (SSSR count). The Hall–Kier alpha value is -1.36. The minimum atomic E-state index is -0.267. The number of ether oxygens (including phenoxy) is 1. The number of hydrogen-bond donors (Lipinski definition) is 1. The van der Waals surface area contributed by atoms with Gasteiger partial charge >= 0.3 is 0 Å². The van der Waals surface area contributed by atoms with Gasteiger partial charge in [0.2, 0.25) is 5.91 Å². The van der Waals surface area contributed by atoms with Crippen LogP contribution >= 0.6 is 0 Å². The highest BCUT2D eigenvalue weighted by Crippen LogP contribution is 2.07. The summed E-state index contributed by atoms with van der Waals surface area (Å²) in [6.45, 7) is 7.79. The summed E-state index contributed by atoms with van der Waals surface area (Å²) in [6, 6.07) is 1.62. The van der Waals surface area contributed by atoms with Gasteiger partial charge in [0.15, 0.2) is 0 Å². The molecule has 5 heteroatoms. The third-order valence-corrected chi connectivity index (χ3v) is 2.58. The van der Waals surface area contributed by atoms with Crippen LogP contribution in [0.4, 0.5) is 0 Å². The van der Waals surface area contributed by atoms with Gasteiger partial charge in [0.1, 0.15) is 6.04 Å². The zero-order valence-electron chi connectivity index (χ0n) is 10.8. The summed E-state index contributed by atoms with van der Waals surface area (Å²) in [4.78, 5) is 11.8. The first-order chi connectivity index (χ1) is 8.16. The van der Waals surface area contributed by atoms with E-state index < -0.39 is 0 Å². The van der Waals surface area contributed by atoms with Gasteiger partial charge in [0.25, 0.3) is 0 Å². The van der Waals surface area contributed by atoms with E-state index in [1.807, 2.05) is 26.8 Å². The maximum atomic E-state index is 11.8. The first-order valence-electron chi connectivity index (χ1n) is 6.02. The van der Waals surface area contributed by atoms with Crippen LogP contribution in [0.3, 0.4) is 0 Å². The molecule has 0 aromatic carbocycles. The van der Waals surface area contributed by atoms with Crippen LogP contribution in [0, 0.1) is 6.92 Å². The fourth-order valence-corrected chi connectivity index (χ4v) is 1.57. The Bertz CT molecular complexity index is 349. The monoisotopic (exact) mass is 239 g/mol. The Kier molecular flexibility index (Phi) is 5.69. The molecule has 17 heavy (non-hydrogen) atoms. The lowest BCUT2D eigenvalue weighted by atomic mass is 10.3. The summed E-state index contributed by atoms with van der Waals surface area (Å²) in [6.07, 6.45) is 2.54. The van der Waals surface area contributed by atoms with Gasteiger partial charge in [0, 0.05) is 31.6 Å². The molecule has 1 unspecified atom stereocenters. The van der Waals surface area contributed by atoms with E-state index in [0.717, 1.165) is 18.7 Å². The topological polar surface area (TPSA) is 56.1 Å². The minimum Gasteiger partial charge on any atom is -0.382 e. The molecule has 0 radical (unpaired) electrons. The van der Waals surface area contributed by atoms with Crippen molar-refractivity contribution >= 4 is 5.91 Å². The molecule has 0 aliphatic rings. The van der Waals surface area contributed by atoms with E-state index in [-0.39, 0.29) is 11.9 Å². The molecular weight excluding hydrogens is 218 g/mol. The number of carbonyl (C=O) groups excluding carboxylic acids is 1. The van der Waals surface area contributed by atoms with Crippen molar-refractivity contribution in [2.75, 3.05) is 19.8 Å². The first-order valence-corrected chi connectivity index (χ1v) is 6.02. The SMILES string of the molecule is CCOCCCNC(=O)C(C)n1nccc1C. The smallest absolute Gasteiger partial charge is 0.244 e.